The predicted octanol–water partition coefficient (Wildman–Crippen LogP) is 5.74. The summed E-state index contributed by atoms with van der Waals surface area (Å²) in [6, 6.07) is 12.9. The van der Waals surface area contributed by atoms with E-state index in [0.29, 0.717) is 21.5 Å². The number of benzene rings is 2. The smallest absolute Gasteiger partial charge is 0.272 e. The lowest BCUT2D eigenvalue weighted by Gasteiger charge is -2.20. The van der Waals surface area contributed by atoms with Gasteiger partial charge in [-0.3, -0.25) is 9.59 Å². The number of likely N-dealkylation sites (N-methyl/N-ethyl adjacent to an activating group) is 1. The standard InChI is InChI=1S/C23H23ClN4O2S2/c1-13(2)20(14-5-4-6-15(24)9-14)22(30)27-23-26-17-8-7-16(10-19(17)32-23)25-21(29)18-11-31-12-28(18)3/h4-11,13,20H,12H2,1-3H3,(H,25,29)(H,26,27,30). The fraction of sp³-hybridized carbons (Fsp3) is 0.261. The Hall–Kier alpha value is -2.55. The van der Waals surface area contributed by atoms with Crippen molar-refractivity contribution >= 4 is 67.5 Å². The van der Waals surface area contributed by atoms with Crippen molar-refractivity contribution in [3.63, 3.8) is 0 Å². The fourth-order valence-electron chi connectivity index (χ4n) is 3.59. The number of aromatic nitrogens is 1. The monoisotopic (exact) mass is 486 g/mol. The molecule has 0 saturated carbocycles. The summed E-state index contributed by atoms with van der Waals surface area (Å²) in [4.78, 5) is 32.0. The largest absolute Gasteiger partial charge is 0.360 e. The lowest BCUT2D eigenvalue weighted by atomic mass is 9.88. The molecule has 9 heteroatoms. The number of fused-ring (bicyclic) bond motifs is 1. The molecule has 1 unspecified atom stereocenters. The quantitative estimate of drug-likeness (QED) is 0.464. The number of halogens is 1. The van der Waals surface area contributed by atoms with E-state index in [1.807, 2.05) is 67.6 Å². The molecule has 1 atom stereocenters. The number of hydrogen-bond donors (Lipinski definition) is 2. The van der Waals surface area contributed by atoms with Crippen LogP contribution in [0.25, 0.3) is 10.2 Å². The molecule has 0 aliphatic carbocycles. The third-order valence-electron chi connectivity index (χ3n) is 5.14. The fourth-order valence-corrected chi connectivity index (χ4v) is 5.58. The van der Waals surface area contributed by atoms with Crippen molar-refractivity contribution < 1.29 is 9.59 Å². The summed E-state index contributed by atoms with van der Waals surface area (Å²) in [5, 5.41) is 8.88. The first-order chi connectivity index (χ1) is 15.3. The third kappa shape index (κ3) is 4.92. The average molecular weight is 487 g/mol. The Labute approximate surface area is 200 Å². The summed E-state index contributed by atoms with van der Waals surface area (Å²) in [5.74, 6) is 0.252. The summed E-state index contributed by atoms with van der Waals surface area (Å²) in [7, 11) is 1.89. The highest BCUT2D eigenvalue weighted by molar-refractivity contribution is 8.02. The van der Waals surface area contributed by atoms with Crippen LogP contribution in [-0.4, -0.2) is 34.6 Å². The maximum atomic E-state index is 13.1. The van der Waals surface area contributed by atoms with Crippen molar-refractivity contribution in [2.75, 3.05) is 23.6 Å². The van der Waals surface area contributed by atoms with Gasteiger partial charge in [0.2, 0.25) is 5.91 Å². The molecule has 3 aromatic rings. The maximum Gasteiger partial charge on any atom is 0.272 e. The molecule has 0 radical (unpaired) electrons. The number of hydrogen-bond acceptors (Lipinski definition) is 6. The molecule has 2 amide bonds. The first kappa shape index (κ1) is 22.6. The average Bonchev–Trinajstić information content (AvgIpc) is 3.32. The van der Waals surface area contributed by atoms with Crippen LogP contribution in [0.1, 0.15) is 25.3 Å². The van der Waals surface area contributed by atoms with Gasteiger partial charge in [0, 0.05) is 23.2 Å². The van der Waals surface area contributed by atoms with Crippen molar-refractivity contribution in [1.29, 1.82) is 0 Å². The van der Waals surface area contributed by atoms with Gasteiger partial charge >= 0.3 is 0 Å². The minimum atomic E-state index is -0.342. The third-order valence-corrected chi connectivity index (χ3v) is 7.24. The normalized spacial score (nSPS) is 14.5. The molecule has 2 aromatic carbocycles. The number of thiazole rings is 1. The Kier molecular flexibility index (Phi) is 6.74. The van der Waals surface area contributed by atoms with E-state index in [2.05, 4.69) is 15.6 Å². The van der Waals surface area contributed by atoms with E-state index in [4.69, 9.17) is 11.6 Å². The van der Waals surface area contributed by atoms with Gasteiger partial charge in [-0.05, 0) is 41.8 Å². The van der Waals surface area contributed by atoms with Crippen molar-refractivity contribution in [1.82, 2.24) is 9.88 Å². The van der Waals surface area contributed by atoms with E-state index in [1.54, 1.807) is 17.8 Å². The van der Waals surface area contributed by atoms with Crippen LogP contribution in [0.15, 0.2) is 53.6 Å². The van der Waals surface area contributed by atoms with Crippen LogP contribution in [0.2, 0.25) is 5.02 Å². The molecule has 0 saturated heterocycles. The Bertz CT molecular complexity index is 1210. The maximum absolute atomic E-state index is 13.1. The van der Waals surface area contributed by atoms with Crippen LogP contribution in [-0.2, 0) is 9.59 Å². The van der Waals surface area contributed by atoms with Gasteiger partial charge in [0.1, 0.15) is 5.70 Å². The van der Waals surface area contributed by atoms with Crippen LogP contribution in [0.5, 0.6) is 0 Å². The zero-order chi connectivity index (χ0) is 22.8. The highest BCUT2D eigenvalue weighted by Gasteiger charge is 2.25. The summed E-state index contributed by atoms with van der Waals surface area (Å²) < 4.78 is 0.880. The molecule has 2 heterocycles. The number of rotatable bonds is 6. The minimum absolute atomic E-state index is 0.0887. The van der Waals surface area contributed by atoms with Crippen molar-refractivity contribution in [3.05, 3.63) is 64.2 Å². The lowest BCUT2D eigenvalue weighted by Crippen LogP contribution is -2.25. The van der Waals surface area contributed by atoms with Crippen LogP contribution >= 0.6 is 34.7 Å². The van der Waals surface area contributed by atoms with E-state index < -0.39 is 0 Å². The first-order valence-electron chi connectivity index (χ1n) is 10.1. The number of anilines is 2. The molecule has 0 spiro atoms. The highest BCUT2D eigenvalue weighted by Crippen LogP contribution is 2.32. The van der Waals surface area contributed by atoms with Crippen LogP contribution in [0.3, 0.4) is 0 Å². The lowest BCUT2D eigenvalue weighted by molar-refractivity contribution is -0.118. The predicted molar refractivity (Wildman–Crippen MR) is 134 cm³/mol. The van der Waals surface area contributed by atoms with Gasteiger partial charge in [-0.15, -0.1) is 11.8 Å². The Morgan fingerprint density at radius 2 is 1.97 bits per heavy atom. The number of carbonyl (C=O) groups excluding carboxylic acids is 2. The van der Waals surface area contributed by atoms with Crippen LogP contribution in [0.4, 0.5) is 10.8 Å². The van der Waals surface area contributed by atoms with Gasteiger partial charge < -0.3 is 15.5 Å². The van der Waals surface area contributed by atoms with E-state index in [9.17, 15) is 9.59 Å². The Balaban J connectivity index is 1.51. The second-order valence-corrected chi connectivity index (χ2v) is 10.2. The Morgan fingerprint density at radius 1 is 1.16 bits per heavy atom. The van der Waals surface area contributed by atoms with Crippen LogP contribution < -0.4 is 10.6 Å². The summed E-state index contributed by atoms with van der Waals surface area (Å²) >= 11 is 9.10. The molecular formula is C23H23ClN4O2S2. The molecule has 6 nitrogen and oxygen atoms in total. The zero-order valence-electron chi connectivity index (χ0n) is 17.9. The number of nitrogens with zero attached hydrogens (tertiary/aromatic N) is 2. The molecule has 1 aromatic heterocycles. The van der Waals surface area contributed by atoms with Crippen molar-refractivity contribution in [3.8, 4) is 0 Å². The van der Waals surface area contributed by atoms with Crippen molar-refractivity contribution in [2.24, 2.45) is 5.92 Å². The molecule has 2 N–H and O–H groups in total. The Morgan fingerprint density at radius 3 is 2.66 bits per heavy atom. The van der Waals surface area contributed by atoms with E-state index in [1.165, 1.54) is 11.3 Å². The number of carbonyl (C=O) groups is 2. The van der Waals surface area contributed by atoms with Crippen LogP contribution in [0, 0.1) is 5.92 Å². The van der Waals surface area contributed by atoms with Gasteiger partial charge in [0.25, 0.3) is 5.91 Å². The molecular weight excluding hydrogens is 464 g/mol. The van der Waals surface area contributed by atoms with E-state index >= 15 is 0 Å². The SMILES string of the molecule is CC(C)C(C(=O)Nc1nc2ccc(NC(=O)C3=CSCN3C)cc2s1)c1cccc(Cl)c1. The molecule has 1 aliphatic rings. The summed E-state index contributed by atoms with van der Waals surface area (Å²) in [6.45, 7) is 4.02. The first-order valence-corrected chi connectivity index (χ1v) is 12.4. The molecule has 0 bridgehead atoms. The number of thioether (sulfide) groups is 1. The van der Waals surface area contributed by atoms with Gasteiger partial charge in [-0.1, -0.05) is 48.9 Å². The molecule has 0 fully saturated rings. The van der Waals surface area contributed by atoms with Gasteiger partial charge in [-0.2, -0.15) is 0 Å². The number of amides is 2. The van der Waals surface area contributed by atoms with Gasteiger partial charge in [0.05, 0.1) is 22.0 Å². The highest BCUT2D eigenvalue weighted by atomic mass is 35.5. The van der Waals surface area contributed by atoms with Gasteiger partial charge in [-0.25, -0.2) is 4.98 Å². The van der Waals surface area contributed by atoms with E-state index in [0.717, 1.165) is 21.7 Å². The zero-order valence-corrected chi connectivity index (χ0v) is 20.3. The summed E-state index contributed by atoms with van der Waals surface area (Å²) in [6.07, 6.45) is 0. The minimum Gasteiger partial charge on any atom is -0.360 e. The number of nitrogens with one attached hydrogen (secondary N) is 2. The molecule has 1 aliphatic heterocycles. The molecule has 4 rings (SSSR count). The van der Waals surface area contributed by atoms with Gasteiger partial charge in [0.15, 0.2) is 5.13 Å². The van der Waals surface area contributed by atoms with E-state index in [-0.39, 0.29) is 23.7 Å². The topological polar surface area (TPSA) is 74.3 Å². The summed E-state index contributed by atoms with van der Waals surface area (Å²) in [5.41, 5.74) is 2.97. The molecule has 32 heavy (non-hydrogen) atoms. The molecule has 166 valence electrons. The second-order valence-electron chi connectivity index (χ2n) is 7.92. The second kappa shape index (κ2) is 9.52. The van der Waals surface area contributed by atoms with Crippen molar-refractivity contribution in [2.45, 2.75) is 19.8 Å².